The van der Waals surface area contributed by atoms with Gasteiger partial charge >= 0.3 is 0 Å². The number of aromatic nitrogens is 3. The standard InChI is InChI=1S/C11H9N3O/c1-8-2-4-12-6-10(8)11-13-5-3-9(7-15)14-11/h2-7H,1H3. The van der Waals surface area contributed by atoms with Gasteiger partial charge in [-0.1, -0.05) is 0 Å². The Kier molecular flexibility index (Phi) is 2.49. The zero-order valence-electron chi connectivity index (χ0n) is 8.21. The van der Waals surface area contributed by atoms with Crippen LogP contribution in [0.25, 0.3) is 11.4 Å². The van der Waals surface area contributed by atoms with Crippen molar-refractivity contribution in [3.63, 3.8) is 0 Å². The lowest BCUT2D eigenvalue weighted by Gasteiger charge is -2.02. The van der Waals surface area contributed by atoms with Gasteiger partial charge in [0.25, 0.3) is 0 Å². The molecule has 4 heteroatoms. The van der Waals surface area contributed by atoms with Crippen LogP contribution in [-0.4, -0.2) is 21.2 Å². The predicted octanol–water partition coefficient (Wildman–Crippen LogP) is 1.66. The number of hydrogen-bond donors (Lipinski definition) is 0. The monoisotopic (exact) mass is 199 g/mol. The Balaban J connectivity index is 2.54. The van der Waals surface area contributed by atoms with Gasteiger partial charge in [0.15, 0.2) is 12.1 Å². The molecule has 0 amide bonds. The number of rotatable bonds is 2. The van der Waals surface area contributed by atoms with Crippen LogP contribution in [0.5, 0.6) is 0 Å². The van der Waals surface area contributed by atoms with E-state index in [1.165, 1.54) is 0 Å². The highest BCUT2D eigenvalue weighted by Gasteiger charge is 2.04. The normalized spacial score (nSPS) is 9.93. The molecule has 0 spiro atoms. The van der Waals surface area contributed by atoms with Crippen molar-refractivity contribution in [2.45, 2.75) is 6.92 Å². The summed E-state index contributed by atoms with van der Waals surface area (Å²) in [6.45, 7) is 1.95. The Hall–Kier alpha value is -2.10. The number of pyridine rings is 1. The van der Waals surface area contributed by atoms with Crippen molar-refractivity contribution < 1.29 is 4.79 Å². The third-order valence-electron chi connectivity index (χ3n) is 2.08. The van der Waals surface area contributed by atoms with Crippen molar-refractivity contribution in [1.82, 2.24) is 15.0 Å². The highest BCUT2D eigenvalue weighted by molar-refractivity contribution is 5.73. The van der Waals surface area contributed by atoms with E-state index in [-0.39, 0.29) is 0 Å². The van der Waals surface area contributed by atoms with E-state index in [1.807, 2.05) is 13.0 Å². The number of hydrogen-bond acceptors (Lipinski definition) is 4. The molecule has 0 N–H and O–H groups in total. The number of carbonyl (C=O) groups is 1. The van der Waals surface area contributed by atoms with E-state index >= 15 is 0 Å². The molecule has 0 atom stereocenters. The van der Waals surface area contributed by atoms with E-state index in [1.54, 1.807) is 24.7 Å². The van der Waals surface area contributed by atoms with Gasteiger partial charge in [-0.3, -0.25) is 9.78 Å². The summed E-state index contributed by atoms with van der Waals surface area (Å²) in [5.74, 6) is 0.533. The molecule has 0 aromatic carbocycles. The molecule has 2 aromatic heterocycles. The summed E-state index contributed by atoms with van der Waals surface area (Å²) in [6.07, 6.45) is 5.68. The third kappa shape index (κ3) is 1.88. The van der Waals surface area contributed by atoms with E-state index < -0.39 is 0 Å². The summed E-state index contributed by atoms with van der Waals surface area (Å²) < 4.78 is 0. The third-order valence-corrected chi connectivity index (χ3v) is 2.08. The van der Waals surface area contributed by atoms with E-state index in [2.05, 4.69) is 15.0 Å². The summed E-state index contributed by atoms with van der Waals surface area (Å²) in [5, 5.41) is 0. The van der Waals surface area contributed by atoms with Gasteiger partial charge < -0.3 is 0 Å². The number of aryl methyl sites for hydroxylation is 1. The van der Waals surface area contributed by atoms with E-state index in [4.69, 9.17) is 0 Å². The van der Waals surface area contributed by atoms with Gasteiger partial charge in [-0.15, -0.1) is 0 Å². The zero-order valence-corrected chi connectivity index (χ0v) is 8.21. The largest absolute Gasteiger partial charge is 0.296 e. The van der Waals surface area contributed by atoms with Crippen LogP contribution in [0.4, 0.5) is 0 Å². The van der Waals surface area contributed by atoms with Gasteiger partial charge in [0.2, 0.25) is 0 Å². The second kappa shape index (κ2) is 3.96. The fourth-order valence-electron chi connectivity index (χ4n) is 1.27. The van der Waals surface area contributed by atoms with Crippen molar-refractivity contribution in [2.75, 3.05) is 0 Å². The predicted molar refractivity (Wildman–Crippen MR) is 55.4 cm³/mol. The van der Waals surface area contributed by atoms with Gasteiger partial charge in [-0.2, -0.15) is 0 Å². The second-order valence-corrected chi connectivity index (χ2v) is 3.11. The molecule has 0 fully saturated rings. The van der Waals surface area contributed by atoms with Crippen molar-refractivity contribution in [3.8, 4) is 11.4 Å². The average molecular weight is 199 g/mol. The van der Waals surface area contributed by atoms with Crippen LogP contribution in [0.3, 0.4) is 0 Å². The lowest BCUT2D eigenvalue weighted by molar-refractivity contribution is 0.111. The Morgan fingerprint density at radius 2 is 2.13 bits per heavy atom. The molecule has 4 nitrogen and oxygen atoms in total. The van der Waals surface area contributed by atoms with Gasteiger partial charge in [0.05, 0.1) is 0 Å². The minimum Gasteiger partial charge on any atom is -0.296 e. The van der Waals surface area contributed by atoms with Crippen LogP contribution in [-0.2, 0) is 0 Å². The molecule has 2 rings (SSSR count). The van der Waals surface area contributed by atoms with Gasteiger partial charge in [-0.25, -0.2) is 9.97 Å². The SMILES string of the molecule is Cc1ccncc1-c1nccc(C=O)n1. The van der Waals surface area contributed by atoms with Crippen LogP contribution in [0.1, 0.15) is 16.1 Å². The summed E-state index contributed by atoms with van der Waals surface area (Å²) in [7, 11) is 0. The minimum absolute atomic E-state index is 0.378. The first-order valence-electron chi connectivity index (χ1n) is 4.50. The second-order valence-electron chi connectivity index (χ2n) is 3.11. The zero-order chi connectivity index (χ0) is 10.7. The smallest absolute Gasteiger partial charge is 0.168 e. The van der Waals surface area contributed by atoms with Crippen molar-refractivity contribution in [3.05, 3.63) is 42.0 Å². The van der Waals surface area contributed by atoms with Crippen LogP contribution in [0.15, 0.2) is 30.7 Å². The van der Waals surface area contributed by atoms with Crippen LogP contribution in [0, 0.1) is 6.92 Å². The maximum absolute atomic E-state index is 10.6. The summed E-state index contributed by atoms with van der Waals surface area (Å²) in [4.78, 5) is 22.8. The van der Waals surface area contributed by atoms with Crippen molar-refractivity contribution in [2.24, 2.45) is 0 Å². The quantitative estimate of drug-likeness (QED) is 0.690. The van der Waals surface area contributed by atoms with Gasteiger partial charge in [0, 0.05) is 24.2 Å². The molecule has 15 heavy (non-hydrogen) atoms. The molecule has 0 unspecified atom stereocenters. The van der Waals surface area contributed by atoms with Gasteiger partial charge in [-0.05, 0) is 24.6 Å². The van der Waals surface area contributed by atoms with Crippen molar-refractivity contribution in [1.29, 1.82) is 0 Å². The molecule has 2 heterocycles. The lowest BCUT2D eigenvalue weighted by Crippen LogP contribution is -1.95. The lowest BCUT2D eigenvalue weighted by atomic mass is 10.1. The first kappa shape index (κ1) is 9.45. The first-order chi connectivity index (χ1) is 7.31. The number of aldehydes is 1. The molecule has 0 saturated heterocycles. The highest BCUT2D eigenvalue weighted by atomic mass is 16.1. The average Bonchev–Trinajstić information content (AvgIpc) is 2.30. The molecule has 0 bridgehead atoms. The molecule has 0 radical (unpaired) electrons. The molecule has 74 valence electrons. The molecule has 0 aliphatic rings. The van der Waals surface area contributed by atoms with Crippen LogP contribution in [0.2, 0.25) is 0 Å². The number of nitrogens with zero attached hydrogens (tertiary/aromatic N) is 3. The maximum atomic E-state index is 10.6. The molecule has 0 aliphatic carbocycles. The number of carbonyl (C=O) groups excluding carboxylic acids is 1. The molecule has 2 aromatic rings. The summed E-state index contributed by atoms with van der Waals surface area (Å²) in [5.41, 5.74) is 2.26. The minimum atomic E-state index is 0.378. The molecular formula is C11H9N3O. The summed E-state index contributed by atoms with van der Waals surface area (Å²) >= 11 is 0. The maximum Gasteiger partial charge on any atom is 0.168 e. The summed E-state index contributed by atoms with van der Waals surface area (Å²) in [6, 6.07) is 3.45. The fourth-order valence-corrected chi connectivity index (χ4v) is 1.27. The topological polar surface area (TPSA) is 55.7 Å². The Bertz CT molecular complexity index is 497. The first-order valence-corrected chi connectivity index (χ1v) is 4.50. The van der Waals surface area contributed by atoms with E-state index in [9.17, 15) is 4.79 Å². The van der Waals surface area contributed by atoms with E-state index in [0.29, 0.717) is 17.8 Å². The highest BCUT2D eigenvalue weighted by Crippen LogP contribution is 2.17. The Morgan fingerprint density at radius 1 is 1.27 bits per heavy atom. The molecular weight excluding hydrogens is 190 g/mol. The van der Waals surface area contributed by atoms with Crippen LogP contribution >= 0.6 is 0 Å². The van der Waals surface area contributed by atoms with Gasteiger partial charge in [0.1, 0.15) is 5.69 Å². The van der Waals surface area contributed by atoms with E-state index in [0.717, 1.165) is 11.1 Å². The van der Waals surface area contributed by atoms with Crippen LogP contribution < -0.4 is 0 Å². The molecule has 0 aliphatic heterocycles. The molecule has 0 saturated carbocycles. The fraction of sp³-hybridized carbons (Fsp3) is 0.0909. The Morgan fingerprint density at radius 3 is 2.87 bits per heavy atom. The van der Waals surface area contributed by atoms with Crippen molar-refractivity contribution >= 4 is 6.29 Å². The Labute approximate surface area is 87.0 Å².